The summed E-state index contributed by atoms with van der Waals surface area (Å²) in [4.78, 5) is 19.0. The number of anilines is 1. The normalized spacial score (nSPS) is 16.6. The fourth-order valence-electron chi connectivity index (χ4n) is 3.60. The molecule has 0 spiro atoms. The van der Waals surface area contributed by atoms with Gasteiger partial charge in [-0.15, -0.1) is 0 Å². The van der Waals surface area contributed by atoms with Gasteiger partial charge in [0, 0.05) is 31.1 Å². The highest BCUT2D eigenvalue weighted by Crippen LogP contribution is 2.24. The second kappa shape index (κ2) is 7.16. The molecule has 4 rings (SSSR count). The second-order valence-corrected chi connectivity index (χ2v) is 6.93. The van der Waals surface area contributed by atoms with E-state index >= 15 is 0 Å². The first-order chi connectivity index (χ1) is 12.7. The quantitative estimate of drug-likeness (QED) is 0.846. The third kappa shape index (κ3) is 3.54. The molecule has 0 aliphatic carbocycles. The lowest BCUT2D eigenvalue weighted by Crippen LogP contribution is -2.31. The number of hydrogen-bond acceptors (Lipinski definition) is 3. The predicted molar refractivity (Wildman–Crippen MR) is 105 cm³/mol. The number of aromatic nitrogens is 1. The third-order valence-corrected chi connectivity index (χ3v) is 5.13. The van der Waals surface area contributed by atoms with Crippen molar-refractivity contribution in [1.82, 2.24) is 9.88 Å². The molecule has 0 fully saturated rings. The smallest absolute Gasteiger partial charge is 0.246 e. The highest BCUT2D eigenvalue weighted by molar-refractivity contribution is 5.91. The summed E-state index contributed by atoms with van der Waals surface area (Å²) in [6.45, 7) is 5.50. The van der Waals surface area contributed by atoms with Crippen LogP contribution in [-0.2, 0) is 24.1 Å². The Kier molecular flexibility index (Phi) is 4.57. The molecule has 1 amide bonds. The zero-order chi connectivity index (χ0) is 17.9. The van der Waals surface area contributed by atoms with Gasteiger partial charge in [-0.1, -0.05) is 30.8 Å². The number of pyridine rings is 1. The monoisotopic (exact) mass is 345 g/mol. The number of hydrogen-bond donors (Lipinski definition) is 1. The average molecular weight is 345 g/mol. The number of rotatable bonds is 2. The summed E-state index contributed by atoms with van der Waals surface area (Å²) in [6.07, 6.45) is 9.05. The first-order valence-electron chi connectivity index (χ1n) is 9.16. The van der Waals surface area contributed by atoms with Crippen molar-refractivity contribution >= 4 is 17.8 Å². The van der Waals surface area contributed by atoms with Crippen LogP contribution in [0.25, 0.3) is 6.08 Å². The molecule has 0 radical (unpaired) electrons. The zero-order valence-electron chi connectivity index (χ0n) is 14.9. The Balaban J connectivity index is 1.43. The van der Waals surface area contributed by atoms with E-state index in [1.54, 1.807) is 12.3 Å². The molecule has 0 saturated heterocycles. The summed E-state index contributed by atoms with van der Waals surface area (Å²) < 4.78 is 0. The first-order valence-corrected chi connectivity index (χ1v) is 9.16. The lowest BCUT2D eigenvalue weighted by Gasteiger charge is -2.19. The molecular formula is C22H23N3O. The Hall–Kier alpha value is -2.88. The van der Waals surface area contributed by atoms with Crippen molar-refractivity contribution < 1.29 is 4.79 Å². The minimum absolute atomic E-state index is 0.0713. The van der Waals surface area contributed by atoms with Crippen molar-refractivity contribution in [1.29, 1.82) is 0 Å². The molecule has 1 aromatic heterocycles. The van der Waals surface area contributed by atoms with E-state index in [0.717, 1.165) is 55.9 Å². The lowest BCUT2D eigenvalue weighted by atomic mass is 10.0. The predicted octanol–water partition coefficient (Wildman–Crippen LogP) is 3.59. The molecule has 4 heteroatoms. The summed E-state index contributed by atoms with van der Waals surface area (Å²) in [5.74, 6) is 0.956. The van der Waals surface area contributed by atoms with Crippen molar-refractivity contribution in [2.45, 2.75) is 25.7 Å². The molecular weight excluding hydrogens is 322 g/mol. The molecule has 132 valence electrons. The Morgan fingerprint density at radius 1 is 1.08 bits per heavy atom. The maximum atomic E-state index is 12.6. The summed E-state index contributed by atoms with van der Waals surface area (Å²) in [5.41, 5.74) is 5.87. The van der Waals surface area contributed by atoms with Crippen LogP contribution in [0.3, 0.4) is 0 Å². The minimum atomic E-state index is 0.0713. The molecule has 2 aromatic rings. The van der Waals surface area contributed by atoms with Crippen LogP contribution in [0.5, 0.6) is 0 Å². The van der Waals surface area contributed by atoms with Crippen LogP contribution < -0.4 is 5.32 Å². The fraction of sp³-hybridized carbons (Fsp3) is 0.273. The Morgan fingerprint density at radius 2 is 1.81 bits per heavy atom. The molecule has 0 unspecified atom stereocenters. The third-order valence-electron chi connectivity index (χ3n) is 5.13. The van der Waals surface area contributed by atoms with E-state index < -0.39 is 0 Å². The highest BCUT2D eigenvalue weighted by atomic mass is 16.2. The molecule has 0 atom stereocenters. The summed E-state index contributed by atoms with van der Waals surface area (Å²) >= 11 is 0. The molecule has 2 aliphatic rings. The van der Waals surface area contributed by atoms with Gasteiger partial charge in [0.15, 0.2) is 0 Å². The Morgan fingerprint density at radius 3 is 2.54 bits per heavy atom. The van der Waals surface area contributed by atoms with Gasteiger partial charge in [-0.3, -0.25) is 4.79 Å². The van der Waals surface area contributed by atoms with Crippen LogP contribution >= 0.6 is 0 Å². The molecule has 4 nitrogen and oxygen atoms in total. The van der Waals surface area contributed by atoms with E-state index in [9.17, 15) is 4.79 Å². The lowest BCUT2D eigenvalue weighted by molar-refractivity contribution is -0.125. The number of carbonyl (C=O) groups excluding carboxylic acids is 1. The van der Waals surface area contributed by atoms with Crippen LogP contribution in [0, 0.1) is 0 Å². The van der Waals surface area contributed by atoms with Crippen molar-refractivity contribution in [2.24, 2.45) is 0 Å². The Bertz CT molecular complexity index is 858. The number of amides is 1. The standard InChI is InChI=1S/C22H23N3O/c1-16-6-8-20-14-17(15-23-22(20)24-16)7-9-21(26)25-12-10-18-4-2-3-5-19(18)11-13-25/h2-5,7,9,14-15H,1,6,8,10-13H2,(H,23,24)/b9-7+. The number of benzene rings is 1. The van der Waals surface area contributed by atoms with Crippen molar-refractivity contribution in [3.8, 4) is 0 Å². The molecule has 3 heterocycles. The van der Waals surface area contributed by atoms with Crippen molar-refractivity contribution in [3.63, 3.8) is 0 Å². The largest absolute Gasteiger partial charge is 0.344 e. The molecule has 1 aromatic carbocycles. The summed E-state index contributed by atoms with van der Waals surface area (Å²) in [5, 5.41) is 3.21. The average Bonchev–Trinajstić information content (AvgIpc) is 2.89. The maximum absolute atomic E-state index is 12.6. The van der Waals surface area contributed by atoms with Gasteiger partial charge >= 0.3 is 0 Å². The van der Waals surface area contributed by atoms with Crippen LogP contribution in [-0.4, -0.2) is 28.9 Å². The highest BCUT2D eigenvalue weighted by Gasteiger charge is 2.16. The van der Waals surface area contributed by atoms with Gasteiger partial charge in [-0.25, -0.2) is 4.98 Å². The fourth-order valence-corrected chi connectivity index (χ4v) is 3.60. The molecule has 0 bridgehead atoms. The Labute approximate surface area is 154 Å². The van der Waals surface area contributed by atoms with Gasteiger partial charge in [0.2, 0.25) is 5.91 Å². The van der Waals surface area contributed by atoms with Crippen LogP contribution in [0.1, 0.15) is 28.7 Å². The number of nitrogens with zero attached hydrogens (tertiary/aromatic N) is 2. The SMILES string of the molecule is C=C1CCc2cc(/C=C/C(=O)N3CCc4ccccc4CC3)cnc2N1. The second-order valence-electron chi connectivity index (χ2n) is 6.93. The van der Waals surface area contributed by atoms with E-state index in [2.05, 4.69) is 47.2 Å². The van der Waals surface area contributed by atoms with E-state index in [1.807, 2.05) is 11.0 Å². The van der Waals surface area contributed by atoms with Gasteiger partial charge in [0.1, 0.15) is 5.82 Å². The van der Waals surface area contributed by atoms with Gasteiger partial charge in [0.25, 0.3) is 0 Å². The zero-order valence-corrected chi connectivity index (χ0v) is 14.9. The minimum Gasteiger partial charge on any atom is -0.344 e. The van der Waals surface area contributed by atoms with Gasteiger partial charge in [-0.05, 0) is 60.1 Å². The van der Waals surface area contributed by atoms with Crippen molar-refractivity contribution in [3.05, 3.63) is 77.1 Å². The molecule has 26 heavy (non-hydrogen) atoms. The molecule has 2 aliphatic heterocycles. The van der Waals surface area contributed by atoms with E-state index in [4.69, 9.17) is 0 Å². The number of carbonyl (C=O) groups is 1. The van der Waals surface area contributed by atoms with Gasteiger partial charge < -0.3 is 10.2 Å². The van der Waals surface area contributed by atoms with Gasteiger partial charge in [-0.2, -0.15) is 0 Å². The maximum Gasteiger partial charge on any atom is 0.246 e. The van der Waals surface area contributed by atoms with Crippen LogP contribution in [0.15, 0.2) is 54.9 Å². The molecule has 1 N–H and O–H groups in total. The van der Waals surface area contributed by atoms with Gasteiger partial charge in [0.05, 0.1) is 0 Å². The van der Waals surface area contributed by atoms with Crippen molar-refractivity contribution in [2.75, 3.05) is 18.4 Å². The van der Waals surface area contributed by atoms with Crippen LogP contribution in [0.2, 0.25) is 0 Å². The summed E-state index contributed by atoms with van der Waals surface area (Å²) in [7, 11) is 0. The van der Waals surface area contributed by atoms with E-state index in [0.29, 0.717) is 0 Å². The summed E-state index contributed by atoms with van der Waals surface area (Å²) in [6, 6.07) is 10.6. The first kappa shape index (κ1) is 16.6. The number of nitrogens with one attached hydrogen (secondary N) is 1. The molecule has 0 saturated carbocycles. The van der Waals surface area contributed by atoms with E-state index in [-0.39, 0.29) is 5.91 Å². The van der Waals surface area contributed by atoms with E-state index in [1.165, 1.54) is 16.7 Å². The number of aryl methyl sites for hydroxylation is 1. The topological polar surface area (TPSA) is 45.2 Å². The van der Waals surface area contributed by atoms with Crippen LogP contribution in [0.4, 0.5) is 5.82 Å². The number of fused-ring (bicyclic) bond motifs is 2. The number of allylic oxidation sites excluding steroid dienone is 1.